The topological polar surface area (TPSA) is 119 Å². The lowest BCUT2D eigenvalue weighted by atomic mass is 9.79. The molecule has 0 spiro atoms. The number of nitrogens with two attached hydrogens (primary N) is 1. The standard InChI is InChI=1S/C12H17F3N2O6S/c13-12(14,15)24(20,21)17(16)10(18)8-3-1-2-4-9(8)11(19)23-6-7-5-22-7/h7-9H,1-6,16H2. The Hall–Kier alpha value is -1.40. The number of rotatable bonds is 5. The number of sulfonamides is 1. The second kappa shape index (κ2) is 6.84. The zero-order chi connectivity index (χ0) is 18.1. The Morgan fingerprint density at radius 2 is 1.75 bits per heavy atom. The average molecular weight is 374 g/mol. The maximum atomic E-state index is 12.5. The van der Waals surface area contributed by atoms with Crippen LogP contribution in [-0.2, 0) is 29.1 Å². The summed E-state index contributed by atoms with van der Waals surface area (Å²) in [4.78, 5) is 24.2. The summed E-state index contributed by atoms with van der Waals surface area (Å²) in [6.07, 6.45) is 1.09. The summed E-state index contributed by atoms with van der Waals surface area (Å²) in [5.41, 5.74) is -5.70. The van der Waals surface area contributed by atoms with E-state index < -0.39 is 43.7 Å². The van der Waals surface area contributed by atoms with Crippen LogP contribution in [0.15, 0.2) is 0 Å². The molecule has 0 bridgehead atoms. The number of epoxide rings is 1. The van der Waals surface area contributed by atoms with Gasteiger partial charge in [0.25, 0.3) is 5.91 Å². The van der Waals surface area contributed by atoms with Crippen molar-refractivity contribution in [1.82, 2.24) is 4.41 Å². The Kier molecular flexibility index (Phi) is 5.40. The highest BCUT2D eigenvalue weighted by atomic mass is 32.2. The highest BCUT2D eigenvalue weighted by Crippen LogP contribution is 2.34. The van der Waals surface area contributed by atoms with Crippen LogP contribution in [0.3, 0.4) is 0 Å². The molecule has 0 radical (unpaired) electrons. The van der Waals surface area contributed by atoms with Gasteiger partial charge in [-0.3, -0.25) is 9.59 Å². The van der Waals surface area contributed by atoms with Gasteiger partial charge in [-0.1, -0.05) is 12.8 Å². The minimum Gasteiger partial charge on any atom is -0.463 e. The van der Waals surface area contributed by atoms with Gasteiger partial charge in [0.15, 0.2) is 0 Å². The quantitative estimate of drug-likeness (QED) is 0.241. The van der Waals surface area contributed by atoms with E-state index in [2.05, 4.69) is 0 Å². The summed E-state index contributed by atoms with van der Waals surface area (Å²) in [5.74, 6) is 0.388. The highest BCUT2D eigenvalue weighted by molar-refractivity contribution is 7.90. The molecule has 3 atom stereocenters. The zero-order valence-corrected chi connectivity index (χ0v) is 13.3. The Labute approximate surface area is 136 Å². The maximum Gasteiger partial charge on any atom is 0.518 e. The van der Waals surface area contributed by atoms with E-state index in [0.29, 0.717) is 19.4 Å². The molecule has 2 rings (SSSR count). The number of hydrogen-bond donors (Lipinski definition) is 1. The van der Waals surface area contributed by atoms with Gasteiger partial charge in [0, 0.05) is 0 Å². The normalized spacial score (nSPS) is 27.4. The number of esters is 1. The number of hydrogen-bond acceptors (Lipinski definition) is 7. The van der Waals surface area contributed by atoms with Gasteiger partial charge in [-0.15, -0.1) is 0 Å². The largest absolute Gasteiger partial charge is 0.518 e. The van der Waals surface area contributed by atoms with Gasteiger partial charge in [0.1, 0.15) is 12.7 Å². The predicted octanol–water partition coefficient (Wildman–Crippen LogP) is 0.287. The Morgan fingerprint density at radius 3 is 2.25 bits per heavy atom. The fourth-order valence-corrected chi connectivity index (χ4v) is 3.14. The number of amides is 1. The molecule has 1 saturated carbocycles. The molecule has 2 aliphatic rings. The molecule has 138 valence electrons. The summed E-state index contributed by atoms with van der Waals surface area (Å²) in [6.45, 7) is 0.435. The third-order valence-corrected chi connectivity index (χ3v) is 5.25. The first kappa shape index (κ1) is 18.9. The van der Waals surface area contributed by atoms with Gasteiger partial charge in [-0.05, 0) is 12.8 Å². The Bertz CT molecular complexity index is 604. The molecule has 3 unspecified atom stereocenters. The monoisotopic (exact) mass is 374 g/mol. The number of halogens is 3. The van der Waals surface area contributed by atoms with E-state index in [9.17, 15) is 31.2 Å². The molecule has 1 aliphatic carbocycles. The molecule has 12 heteroatoms. The molecule has 0 aromatic heterocycles. The van der Waals surface area contributed by atoms with Gasteiger partial charge in [-0.2, -0.15) is 26.0 Å². The van der Waals surface area contributed by atoms with Crippen LogP contribution in [0.5, 0.6) is 0 Å². The molecular weight excluding hydrogens is 357 g/mol. The molecule has 1 aliphatic heterocycles. The van der Waals surface area contributed by atoms with Crippen molar-refractivity contribution in [2.75, 3.05) is 13.2 Å². The van der Waals surface area contributed by atoms with Crippen molar-refractivity contribution >= 4 is 21.9 Å². The Morgan fingerprint density at radius 1 is 1.21 bits per heavy atom. The van der Waals surface area contributed by atoms with E-state index in [4.69, 9.17) is 15.3 Å². The summed E-state index contributed by atoms with van der Waals surface area (Å²) in [5, 5.41) is 0. The minimum absolute atomic E-state index is 0.0105. The van der Waals surface area contributed by atoms with Crippen molar-refractivity contribution in [3.8, 4) is 0 Å². The lowest BCUT2D eigenvalue weighted by molar-refractivity contribution is -0.156. The lowest BCUT2D eigenvalue weighted by Crippen LogP contribution is -2.53. The van der Waals surface area contributed by atoms with Crippen LogP contribution in [0, 0.1) is 11.8 Å². The van der Waals surface area contributed by atoms with E-state index >= 15 is 0 Å². The molecule has 1 heterocycles. The zero-order valence-electron chi connectivity index (χ0n) is 12.5. The van der Waals surface area contributed by atoms with Gasteiger partial charge < -0.3 is 9.47 Å². The van der Waals surface area contributed by atoms with Crippen LogP contribution in [0.4, 0.5) is 13.2 Å². The molecule has 24 heavy (non-hydrogen) atoms. The molecule has 8 nitrogen and oxygen atoms in total. The van der Waals surface area contributed by atoms with Crippen molar-refractivity contribution in [2.45, 2.75) is 37.3 Å². The maximum absolute atomic E-state index is 12.5. The van der Waals surface area contributed by atoms with Crippen LogP contribution in [-0.4, -0.2) is 49.5 Å². The third-order valence-electron chi connectivity index (χ3n) is 3.97. The second-order valence-corrected chi connectivity index (χ2v) is 7.47. The van der Waals surface area contributed by atoms with E-state index in [1.54, 1.807) is 0 Å². The fraction of sp³-hybridized carbons (Fsp3) is 0.833. The summed E-state index contributed by atoms with van der Waals surface area (Å²) in [6, 6.07) is 0. The number of carbonyl (C=O) groups excluding carboxylic acids is 2. The smallest absolute Gasteiger partial charge is 0.463 e. The lowest BCUT2D eigenvalue weighted by Gasteiger charge is -2.31. The summed E-state index contributed by atoms with van der Waals surface area (Å²) >= 11 is 0. The van der Waals surface area contributed by atoms with Crippen LogP contribution >= 0.6 is 0 Å². The van der Waals surface area contributed by atoms with Crippen molar-refractivity contribution in [3.05, 3.63) is 0 Å². The molecule has 1 saturated heterocycles. The van der Waals surface area contributed by atoms with E-state index in [1.807, 2.05) is 0 Å². The predicted molar refractivity (Wildman–Crippen MR) is 72.2 cm³/mol. The second-order valence-electron chi connectivity index (χ2n) is 5.67. The fourth-order valence-electron chi connectivity index (χ4n) is 2.55. The van der Waals surface area contributed by atoms with E-state index in [-0.39, 0.29) is 25.6 Å². The molecule has 2 N–H and O–H groups in total. The van der Waals surface area contributed by atoms with Gasteiger partial charge in [0.05, 0.1) is 18.4 Å². The van der Waals surface area contributed by atoms with Crippen molar-refractivity contribution in [1.29, 1.82) is 0 Å². The summed E-state index contributed by atoms with van der Waals surface area (Å²) < 4.78 is 69.1. The number of nitrogens with zero attached hydrogens (tertiary/aromatic N) is 1. The first-order chi connectivity index (χ1) is 11.1. The number of ether oxygens (including phenoxy) is 2. The van der Waals surface area contributed by atoms with Crippen LogP contribution < -0.4 is 5.84 Å². The molecule has 0 aromatic carbocycles. The third kappa shape index (κ3) is 3.98. The van der Waals surface area contributed by atoms with E-state index in [1.165, 1.54) is 0 Å². The van der Waals surface area contributed by atoms with Crippen LogP contribution in [0.1, 0.15) is 25.7 Å². The summed E-state index contributed by atoms with van der Waals surface area (Å²) in [7, 11) is -6.00. The van der Waals surface area contributed by atoms with E-state index in [0.717, 1.165) is 0 Å². The van der Waals surface area contributed by atoms with Crippen molar-refractivity contribution in [2.24, 2.45) is 17.7 Å². The molecule has 2 fully saturated rings. The van der Waals surface area contributed by atoms with Gasteiger partial charge >= 0.3 is 21.5 Å². The average Bonchev–Trinajstić information content (AvgIpc) is 3.34. The van der Waals surface area contributed by atoms with Crippen molar-refractivity contribution < 1.29 is 40.7 Å². The molecule has 1 amide bonds. The highest BCUT2D eigenvalue weighted by Gasteiger charge is 2.53. The number of hydrazine groups is 1. The minimum atomic E-state index is -6.00. The Balaban J connectivity index is 2.10. The SMILES string of the molecule is NN(C(=O)C1CCCCC1C(=O)OCC1CO1)S(=O)(=O)C(F)(F)F. The van der Waals surface area contributed by atoms with Crippen LogP contribution in [0.2, 0.25) is 0 Å². The number of alkyl halides is 3. The first-order valence-electron chi connectivity index (χ1n) is 7.24. The van der Waals surface area contributed by atoms with Crippen LogP contribution in [0.25, 0.3) is 0 Å². The molecular formula is C12H17F3N2O6S. The van der Waals surface area contributed by atoms with Crippen molar-refractivity contribution in [3.63, 3.8) is 0 Å². The van der Waals surface area contributed by atoms with Gasteiger partial charge in [0.2, 0.25) is 0 Å². The van der Waals surface area contributed by atoms with Gasteiger partial charge in [-0.25, -0.2) is 5.84 Å². The molecule has 0 aromatic rings. The first-order valence-corrected chi connectivity index (χ1v) is 8.68. The number of carbonyl (C=O) groups is 2.